The second-order valence-electron chi connectivity index (χ2n) is 9.66. The van der Waals surface area contributed by atoms with Crippen LogP contribution in [-0.2, 0) is 0 Å². The van der Waals surface area contributed by atoms with E-state index in [9.17, 15) is 0 Å². The first-order chi connectivity index (χ1) is 18.8. The molecule has 39 heavy (non-hydrogen) atoms. The average Bonchev–Trinajstić information content (AvgIpc) is 3.77. The third-order valence-electron chi connectivity index (χ3n) is 5.76. The number of hydrogen-bond donors (Lipinski definition) is 0. The lowest BCUT2D eigenvalue weighted by atomic mass is 10.4. The van der Waals surface area contributed by atoms with Crippen LogP contribution in [0.5, 0.6) is 0 Å². The molecule has 194 valence electrons. The molecular weight excluding hydrogens is 561 g/mol. The van der Waals surface area contributed by atoms with Crippen molar-refractivity contribution in [3.05, 3.63) is 128 Å². The number of rotatable bonds is 2. The van der Waals surface area contributed by atoms with Crippen molar-refractivity contribution in [1.82, 2.24) is 0 Å². The van der Waals surface area contributed by atoms with Crippen LogP contribution in [0.2, 0.25) is 26.2 Å². The summed E-state index contributed by atoms with van der Waals surface area (Å²) < 4.78 is 0. The van der Waals surface area contributed by atoms with Crippen molar-refractivity contribution in [2.75, 3.05) is 0 Å². The lowest BCUT2D eigenvalue weighted by molar-refractivity contribution is 1.72. The summed E-state index contributed by atoms with van der Waals surface area (Å²) >= 11 is 5.02. The molecule has 0 spiro atoms. The van der Waals surface area contributed by atoms with Crippen molar-refractivity contribution in [3.8, 4) is 35.3 Å². The summed E-state index contributed by atoms with van der Waals surface area (Å²) in [6, 6.07) is 27.3. The minimum Gasteiger partial charge on any atom is -0.151 e. The Morgan fingerprint density at radius 3 is 1.15 bits per heavy atom. The van der Waals surface area contributed by atoms with Crippen LogP contribution in [0.15, 0.2) is 111 Å². The highest BCUT2D eigenvalue weighted by Crippen LogP contribution is 2.07. The Balaban J connectivity index is 0.000000174. The van der Waals surface area contributed by atoms with E-state index in [0.717, 1.165) is 16.7 Å². The fourth-order valence-electron chi connectivity index (χ4n) is 3.33. The normalized spacial score (nSPS) is 10.1. The second kappa shape index (κ2) is 15.3. The summed E-state index contributed by atoms with van der Waals surface area (Å²) in [7, 11) is -3.18. The Morgan fingerprint density at radius 2 is 0.872 bits per heavy atom. The van der Waals surface area contributed by atoms with Crippen molar-refractivity contribution >= 4 is 60.5 Å². The van der Waals surface area contributed by atoms with Gasteiger partial charge in [0.1, 0.15) is 0 Å². The summed E-state index contributed by atoms with van der Waals surface area (Å²) in [5.74, 6) is 9.09. The fourth-order valence-corrected chi connectivity index (χ4v) is 8.36. The molecule has 0 atom stereocenters. The molecule has 2 aromatic carbocycles. The summed E-state index contributed by atoms with van der Waals surface area (Å²) in [6.07, 6.45) is 5.05. The molecule has 0 unspecified atom stereocenters. The molecule has 0 aliphatic heterocycles. The lowest BCUT2D eigenvalue weighted by Gasteiger charge is -2.14. The van der Waals surface area contributed by atoms with Crippen LogP contribution >= 0.6 is 34.0 Å². The molecule has 5 rings (SSSR count). The molecular formula is C34H32S3Si2. The Morgan fingerprint density at radius 1 is 0.513 bits per heavy atom. The molecule has 0 bridgehead atoms. The van der Waals surface area contributed by atoms with Gasteiger partial charge in [-0.25, -0.2) is 0 Å². The molecule has 0 saturated heterocycles. The Labute approximate surface area is 248 Å². The molecule has 5 aromatic rings. The van der Waals surface area contributed by atoms with Crippen molar-refractivity contribution in [2.24, 2.45) is 0 Å². The molecule has 0 radical (unpaired) electrons. The van der Waals surface area contributed by atoms with Crippen LogP contribution in [0.1, 0.15) is 16.7 Å². The zero-order valence-corrected chi connectivity index (χ0v) is 27.2. The van der Waals surface area contributed by atoms with E-state index in [-0.39, 0.29) is 0 Å². The van der Waals surface area contributed by atoms with Gasteiger partial charge in [-0.05, 0) is 44.7 Å². The van der Waals surface area contributed by atoms with E-state index in [1.807, 2.05) is 16.8 Å². The van der Waals surface area contributed by atoms with Gasteiger partial charge in [-0.3, -0.25) is 0 Å². The highest BCUT2D eigenvalue weighted by molar-refractivity contribution is 7.08. The first kappa shape index (κ1) is 30.2. The number of benzene rings is 2. The third kappa shape index (κ3) is 10.4. The van der Waals surface area contributed by atoms with Gasteiger partial charge < -0.3 is 0 Å². The standard InChI is InChI=1S/2C14H14SSi.C6H4S/c2*1-16(2,14-6-4-3-5-7-14)11-9-13-8-10-15-12-13;1-2-6-3-4-7-5-6/h2*3-8,10,12H,1-2H3;1,3-5H. The van der Waals surface area contributed by atoms with E-state index in [1.165, 1.54) is 10.4 Å². The molecule has 3 heterocycles. The predicted molar refractivity (Wildman–Crippen MR) is 182 cm³/mol. The average molecular weight is 593 g/mol. The van der Waals surface area contributed by atoms with E-state index in [4.69, 9.17) is 6.42 Å². The van der Waals surface area contributed by atoms with E-state index in [1.54, 1.807) is 34.0 Å². The SMILES string of the molecule is C#Cc1ccsc1.C[Si](C)(C#Cc1ccsc1)c1ccccc1.C[Si](C)(C#Cc1ccsc1)c1ccccc1. The summed E-state index contributed by atoms with van der Waals surface area (Å²) in [5, 5.41) is 15.1. The molecule has 0 nitrogen and oxygen atoms in total. The van der Waals surface area contributed by atoms with Gasteiger partial charge in [0.25, 0.3) is 0 Å². The van der Waals surface area contributed by atoms with Gasteiger partial charge in [0, 0.05) is 32.8 Å². The van der Waals surface area contributed by atoms with Crippen LogP contribution in [0, 0.1) is 35.3 Å². The Hall–Kier alpha value is -3.35. The van der Waals surface area contributed by atoms with Crippen molar-refractivity contribution in [1.29, 1.82) is 0 Å². The smallest absolute Gasteiger partial charge is 0.151 e. The van der Waals surface area contributed by atoms with Gasteiger partial charge in [-0.1, -0.05) is 105 Å². The molecule has 0 aliphatic rings. The van der Waals surface area contributed by atoms with Crippen LogP contribution in [0.4, 0.5) is 0 Å². The summed E-state index contributed by atoms with van der Waals surface area (Å²) in [5.41, 5.74) is 10.2. The predicted octanol–water partition coefficient (Wildman–Crippen LogP) is 8.24. The third-order valence-corrected chi connectivity index (χ3v) is 12.9. The molecule has 0 N–H and O–H groups in total. The first-order valence-corrected chi connectivity index (χ1v) is 21.3. The fraction of sp³-hybridized carbons (Fsp3) is 0.118. The largest absolute Gasteiger partial charge is 0.163 e. The minimum atomic E-state index is -1.59. The van der Waals surface area contributed by atoms with Gasteiger partial charge >= 0.3 is 0 Å². The van der Waals surface area contributed by atoms with E-state index in [2.05, 4.69) is 149 Å². The highest BCUT2D eigenvalue weighted by Gasteiger charge is 2.21. The van der Waals surface area contributed by atoms with Crippen molar-refractivity contribution in [2.45, 2.75) is 26.2 Å². The van der Waals surface area contributed by atoms with Crippen LogP contribution in [-0.4, -0.2) is 16.1 Å². The molecule has 0 aliphatic carbocycles. The molecule has 0 amide bonds. The zero-order valence-electron chi connectivity index (χ0n) is 22.8. The zero-order chi connectivity index (χ0) is 28.0. The summed E-state index contributed by atoms with van der Waals surface area (Å²) in [6.45, 7) is 9.17. The molecule has 5 heteroatoms. The number of hydrogen-bond acceptors (Lipinski definition) is 3. The first-order valence-electron chi connectivity index (χ1n) is 12.5. The van der Waals surface area contributed by atoms with E-state index in [0.29, 0.717) is 0 Å². The maximum atomic E-state index is 5.05. The summed E-state index contributed by atoms with van der Waals surface area (Å²) in [4.78, 5) is 0. The van der Waals surface area contributed by atoms with Gasteiger partial charge in [-0.2, -0.15) is 34.0 Å². The highest BCUT2D eigenvalue weighted by atomic mass is 32.1. The monoisotopic (exact) mass is 592 g/mol. The van der Waals surface area contributed by atoms with Crippen molar-refractivity contribution < 1.29 is 0 Å². The second-order valence-corrected chi connectivity index (χ2v) is 20.2. The number of thiophene rings is 3. The molecule has 3 aromatic heterocycles. The van der Waals surface area contributed by atoms with Gasteiger partial charge in [0.05, 0.1) is 0 Å². The van der Waals surface area contributed by atoms with E-state index < -0.39 is 16.1 Å². The van der Waals surface area contributed by atoms with Crippen LogP contribution in [0.3, 0.4) is 0 Å². The maximum absolute atomic E-state index is 5.05. The van der Waals surface area contributed by atoms with Crippen molar-refractivity contribution in [3.63, 3.8) is 0 Å². The topological polar surface area (TPSA) is 0 Å². The van der Waals surface area contributed by atoms with Gasteiger partial charge in [0.15, 0.2) is 16.1 Å². The molecule has 0 saturated carbocycles. The lowest BCUT2D eigenvalue weighted by Crippen LogP contribution is -2.39. The maximum Gasteiger partial charge on any atom is 0.163 e. The quantitative estimate of drug-likeness (QED) is 0.143. The van der Waals surface area contributed by atoms with E-state index >= 15 is 0 Å². The van der Waals surface area contributed by atoms with Crippen LogP contribution < -0.4 is 10.4 Å². The van der Waals surface area contributed by atoms with Gasteiger partial charge in [0.2, 0.25) is 0 Å². The Bertz CT molecular complexity index is 1440. The number of terminal acetylenes is 1. The molecule has 0 fully saturated rings. The Kier molecular flexibility index (Phi) is 11.8. The van der Waals surface area contributed by atoms with Crippen LogP contribution in [0.25, 0.3) is 0 Å². The minimum absolute atomic E-state index is 0.977. The van der Waals surface area contributed by atoms with Gasteiger partial charge in [-0.15, -0.1) is 17.5 Å².